The molecule has 0 aliphatic rings. The Morgan fingerprint density at radius 3 is 2.68 bits per heavy atom. The summed E-state index contributed by atoms with van der Waals surface area (Å²) < 4.78 is 10.7. The molecule has 7 nitrogen and oxygen atoms in total. The van der Waals surface area contributed by atoms with Crippen LogP contribution < -0.4 is 9.64 Å². The molecule has 3 aromatic rings. The van der Waals surface area contributed by atoms with Crippen LogP contribution in [-0.4, -0.2) is 48.0 Å². The summed E-state index contributed by atoms with van der Waals surface area (Å²) in [5.41, 5.74) is 0.845. The van der Waals surface area contributed by atoms with Crippen LogP contribution in [0.2, 0.25) is 5.02 Å². The highest BCUT2D eigenvalue weighted by molar-refractivity contribution is 7.18. The molecule has 1 aromatic carbocycles. The zero-order valence-electron chi connectivity index (χ0n) is 14.9. The molecule has 1 amide bonds. The van der Waals surface area contributed by atoms with E-state index in [1.54, 1.807) is 43.8 Å². The van der Waals surface area contributed by atoms with E-state index in [1.165, 1.54) is 16.2 Å². The Morgan fingerprint density at radius 2 is 2.00 bits per heavy atom. The quantitative estimate of drug-likeness (QED) is 0.530. The summed E-state index contributed by atoms with van der Waals surface area (Å²) >= 11 is 7.16. The van der Waals surface area contributed by atoms with Crippen LogP contribution in [-0.2, 0) is 9.53 Å². The maximum atomic E-state index is 12.7. The molecule has 0 atom stereocenters. The van der Waals surface area contributed by atoms with Crippen molar-refractivity contribution >= 4 is 46.4 Å². The number of benzene rings is 1. The second-order valence-electron chi connectivity index (χ2n) is 5.41. The van der Waals surface area contributed by atoms with Gasteiger partial charge < -0.3 is 9.47 Å². The smallest absolute Gasteiger partial charge is 0.266 e. The van der Waals surface area contributed by atoms with Crippen molar-refractivity contribution in [3.8, 4) is 16.3 Å². The standard InChI is InChI=1S/C18H17ClN4O3S.ClH/c1-25-10-9-23(16(24)12-26-15-6-4-14(19)5-7-15)18-22-21-17(27-18)13-3-2-8-20-11-13;/h2-8,11H,9-10,12H2,1H3;1H. The molecule has 0 radical (unpaired) electrons. The highest BCUT2D eigenvalue weighted by Crippen LogP contribution is 2.28. The number of rotatable bonds is 8. The largest absolute Gasteiger partial charge is 0.484 e. The third kappa shape index (κ3) is 5.87. The van der Waals surface area contributed by atoms with Gasteiger partial charge in [-0.2, -0.15) is 0 Å². The maximum Gasteiger partial charge on any atom is 0.266 e. The second-order valence-corrected chi connectivity index (χ2v) is 6.80. The molecular formula is C18H18Cl2N4O3S. The van der Waals surface area contributed by atoms with Gasteiger partial charge in [-0.25, -0.2) is 0 Å². The maximum absolute atomic E-state index is 12.7. The fourth-order valence-corrected chi connectivity index (χ4v) is 3.20. The average molecular weight is 441 g/mol. The molecule has 0 saturated carbocycles. The van der Waals surface area contributed by atoms with Crippen molar-refractivity contribution in [2.45, 2.75) is 0 Å². The van der Waals surface area contributed by atoms with E-state index >= 15 is 0 Å². The summed E-state index contributed by atoms with van der Waals surface area (Å²) in [5.74, 6) is 0.323. The lowest BCUT2D eigenvalue weighted by Crippen LogP contribution is -2.37. The summed E-state index contributed by atoms with van der Waals surface area (Å²) in [6.07, 6.45) is 3.39. The van der Waals surface area contributed by atoms with Crippen molar-refractivity contribution in [1.29, 1.82) is 0 Å². The van der Waals surface area contributed by atoms with Gasteiger partial charge in [0.2, 0.25) is 5.13 Å². The minimum Gasteiger partial charge on any atom is -0.484 e. The Kier molecular flexibility index (Phi) is 8.59. The molecule has 2 aromatic heterocycles. The number of halogens is 2. The highest BCUT2D eigenvalue weighted by atomic mass is 35.5. The number of ether oxygens (including phenoxy) is 2. The highest BCUT2D eigenvalue weighted by Gasteiger charge is 2.21. The van der Waals surface area contributed by atoms with Crippen molar-refractivity contribution < 1.29 is 14.3 Å². The number of anilines is 1. The van der Waals surface area contributed by atoms with Crippen molar-refractivity contribution in [2.24, 2.45) is 0 Å². The zero-order valence-corrected chi connectivity index (χ0v) is 17.3. The van der Waals surface area contributed by atoms with Gasteiger partial charge in [-0.05, 0) is 36.4 Å². The van der Waals surface area contributed by atoms with Gasteiger partial charge in [0.25, 0.3) is 5.91 Å². The van der Waals surface area contributed by atoms with Gasteiger partial charge >= 0.3 is 0 Å². The Morgan fingerprint density at radius 1 is 1.21 bits per heavy atom. The van der Waals surface area contributed by atoms with Gasteiger partial charge in [-0.1, -0.05) is 22.9 Å². The molecular weight excluding hydrogens is 423 g/mol. The van der Waals surface area contributed by atoms with Crippen LogP contribution in [0.25, 0.3) is 10.6 Å². The minimum atomic E-state index is -0.240. The summed E-state index contributed by atoms with van der Waals surface area (Å²) in [4.78, 5) is 18.3. The number of carbonyl (C=O) groups excluding carboxylic acids is 1. The number of carbonyl (C=O) groups is 1. The molecule has 0 aliphatic carbocycles. The normalized spacial score (nSPS) is 10.2. The molecule has 148 valence electrons. The van der Waals surface area contributed by atoms with Crippen molar-refractivity contribution in [1.82, 2.24) is 15.2 Å². The van der Waals surface area contributed by atoms with E-state index in [2.05, 4.69) is 15.2 Å². The number of amides is 1. The Labute approximate surface area is 177 Å². The van der Waals surface area contributed by atoms with Crippen molar-refractivity contribution in [2.75, 3.05) is 31.8 Å². The number of pyridine rings is 1. The minimum absolute atomic E-state index is 0. The number of aromatic nitrogens is 3. The molecule has 0 aliphatic heterocycles. The SMILES string of the molecule is COCCN(C(=O)COc1ccc(Cl)cc1)c1nnc(-c2cccnc2)s1.Cl. The number of hydrogen-bond acceptors (Lipinski definition) is 7. The number of nitrogens with zero attached hydrogens (tertiary/aromatic N) is 4. The van der Waals surface area contributed by atoms with Crippen LogP contribution in [0.15, 0.2) is 48.8 Å². The van der Waals surface area contributed by atoms with Crippen LogP contribution in [0.5, 0.6) is 5.75 Å². The lowest BCUT2D eigenvalue weighted by Gasteiger charge is -2.19. The van der Waals surface area contributed by atoms with Crippen molar-refractivity contribution in [3.63, 3.8) is 0 Å². The van der Waals surface area contributed by atoms with Crippen LogP contribution >= 0.6 is 35.3 Å². The first kappa shape index (κ1) is 22.0. The van der Waals surface area contributed by atoms with Gasteiger partial charge in [0.1, 0.15) is 5.75 Å². The molecule has 3 rings (SSSR count). The third-order valence-corrected chi connectivity index (χ3v) is 4.80. The summed E-state index contributed by atoms with van der Waals surface area (Å²) in [6, 6.07) is 10.5. The first-order chi connectivity index (χ1) is 13.2. The van der Waals surface area contributed by atoms with E-state index in [0.29, 0.717) is 34.1 Å². The molecule has 0 fully saturated rings. The molecule has 2 heterocycles. The fourth-order valence-electron chi connectivity index (χ4n) is 2.19. The van der Waals surface area contributed by atoms with E-state index in [9.17, 15) is 4.79 Å². The molecule has 0 unspecified atom stereocenters. The number of methoxy groups -OCH3 is 1. The molecule has 0 bridgehead atoms. The lowest BCUT2D eigenvalue weighted by atomic mass is 10.3. The summed E-state index contributed by atoms with van der Waals surface area (Å²) in [6.45, 7) is 0.586. The van der Waals surface area contributed by atoms with E-state index in [1.807, 2.05) is 12.1 Å². The second kappa shape index (κ2) is 10.9. The monoisotopic (exact) mass is 440 g/mol. The fraction of sp³-hybridized carbons (Fsp3) is 0.222. The third-order valence-electron chi connectivity index (χ3n) is 3.55. The topological polar surface area (TPSA) is 77.4 Å². The lowest BCUT2D eigenvalue weighted by molar-refractivity contribution is -0.120. The van der Waals surface area contributed by atoms with Crippen LogP contribution in [0.3, 0.4) is 0 Å². The molecule has 28 heavy (non-hydrogen) atoms. The molecule has 10 heteroatoms. The van der Waals surface area contributed by atoms with Gasteiger partial charge in [-0.15, -0.1) is 22.6 Å². The summed E-state index contributed by atoms with van der Waals surface area (Å²) in [5, 5.41) is 10.1. The molecule has 0 spiro atoms. The van der Waals surface area contributed by atoms with Gasteiger partial charge in [-0.3, -0.25) is 14.7 Å². The van der Waals surface area contributed by atoms with Gasteiger partial charge in [0.05, 0.1) is 13.2 Å². The molecule has 0 N–H and O–H groups in total. The van der Waals surface area contributed by atoms with Crippen LogP contribution in [0, 0.1) is 0 Å². The van der Waals surface area contributed by atoms with Gasteiger partial charge in [0, 0.05) is 30.1 Å². The van der Waals surface area contributed by atoms with E-state index in [4.69, 9.17) is 21.1 Å². The first-order valence-corrected chi connectivity index (χ1v) is 9.28. The van der Waals surface area contributed by atoms with Crippen molar-refractivity contribution in [3.05, 3.63) is 53.8 Å². The van der Waals surface area contributed by atoms with E-state index in [0.717, 1.165) is 5.56 Å². The predicted molar refractivity (Wildman–Crippen MR) is 112 cm³/mol. The van der Waals surface area contributed by atoms with Gasteiger partial charge in [0.15, 0.2) is 11.6 Å². The predicted octanol–water partition coefficient (Wildman–Crippen LogP) is 3.73. The summed E-state index contributed by atoms with van der Waals surface area (Å²) in [7, 11) is 1.58. The average Bonchev–Trinajstić information content (AvgIpc) is 3.18. The van der Waals surface area contributed by atoms with Crippen LogP contribution in [0.4, 0.5) is 5.13 Å². The Balaban J connectivity index is 0.00000280. The van der Waals surface area contributed by atoms with Crippen LogP contribution in [0.1, 0.15) is 0 Å². The Hall–Kier alpha value is -2.26. The van der Waals surface area contributed by atoms with E-state index in [-0.39, 0.29) is 24.9 Å². The first-order valence-electron chi connectivity index (χ1n) is 8.09. The van der Waals surface area contributed by atoms with E-state index < -0.39 is 0 Å². The molecule has 0 saturated heterocycles. The zero-order chi connectivity index (χ0) is 19.1. The number of hydrogen-bond donors (Lipinski definition) is 0. The Bertz CT molecular complexity index is 878.